The van der Waals surface area contributed by atoms with Crippen LogP contribution in [0, 0.1) is 0 Å². The van der Waals surface area contributed by atoms with Crippen LogP contribution in [0.3, 0.4) is 0 Å². The molecule has 0 aliphatic carbocycles. The Morgan fingerprint density at radius 1 is 1.75 bits per heavy atom. The van der Waals surface area contributed by atoms with Crippen molar-refractivity contribution in [1.29, 1.82) is 0 Å². The lowest BCUT2D eigenvalue weighted by Crippen LogP contribution is -2.52. The molecule has 0 aromatic carbocycles. The predicted octanol–water partition coefficient (Wildman–Crippen LogP) is 0.788. The van der Waals surface area contributed by atoms with Gasteiger partial charge in [-0.2, -0.15) is 0 Å². The van der Waals surface area contributed by atoms with Crippen LogP contribution in [0.25, 0.3) is 0 Å². The molecule has 0 radical (unpaired) electrons. The number of carbonyl (C=O) groups is 1. The first kappa shape index (κ1) is 13.2. The van der Waals surface area contributed by atoms with E-state index in [1.54, 1.807) is 6.08 Å². The van der Waals surface area contributed by atoms with Crippen molar-refractivity contribution < 1.29 is 9.53 Å². The summed E-state index contributed by atoms with van der Waals surface area (Å²) in [7, 11) is 0. The smallest absolute Gasteiger partial charge is 0.237 e. The van der Waals surface area contributed by atoms with Gasteiger partial charge in [0.2, 0.25) is 5.91 Å². The van der Waals surface area contributed by atoms with Gasteiger partial charge in [-0.1, -0.05) is 13.0 Å². The van der Waals surface area contributed by atoms with E-state index in [0.29, 0.717) is 6.54 Å². The number of hydrogen-bond donors (Lipinski definition) is 1. The molecule has 1 aliphatic rings. The predicted molar refractivity (Wildman–Crippen MR) is 64.3 cm³/mol. The number of nitrogens with zero attached hydrogens (tertiary/aromatic N) is 1. The fourth-order valence-corrected chi connectivity index (χ4v) is 1.83. The Kier molecular flexibility index (Phi) is 5.49. The van der Waals surface area contributed by atoms with Crippen molar-refractivity contribution in [2.24, 2.45) is 0 Å². The average Bonchev–Trinajstić information content (AvgIpc) is 2.35. The first-order valence-electron chi connectivity index (χ1n) is 5.93. The first-order chi connectivity index (χ1) is 7.69. The van der Waals surface area contributed by atoms with Gasteiger partial charge in [0, 0.05) is 19.6 Å². The summed E-state index contributed by atoms with van der Waals surface area (Å²) in [5.74, 6) is 0.0663. The summed E-state index contributed by atoms with van der Waals surface area (Å²) in [4.78, 5) is 13.9. The van der Waals surface area contributed by atoms with E-state index in [-0.39, 0.29) is 18.1 Å². The van der Waals surface area contributed by atoms with Crippen LogP contribution in [0.4, 0.5) is 0 Å². The highest BCUT2D eigenvalue weighted by molar-refractivity contribution is 5.81. The van der Waals surface area contributed by atoms with E-state index in [4.69, 9.17) is 4.74 Å². The molecule has 0 aromatic heterocycles. The molecule has 1 N–H and O–H groups in total. The average molecular weight is 226 g/mol. The molecule has 2 unspecified atom stereocenters. The number of rotatable bonds is 5. The standard InChI is InChI=1S/C12H22N2O2/c1-4-6-13-12(15)10(3)14-7-8-16-11(5-2)9-14/h4,10-11H,1,5-9H2,2-3H3,(H,13,15). The van der Waals surface area contributed by atoms with Gasteiger partial charge in [0.1, 0.15) is 0 Å². The molecule has 1 rings (SSSR count). The van der Waals surface area contributed by atoms with E-state index >= 15 is 0 Å². The van der Waals surface area contributed by atoms with Gasteiger partial charge in [-0.05, 0) is 13.3 Å². The van der Waals surface area contributed by atoms with Crippen LogP contribution < -0.4 is 5.32 Å². The molecule has 2 atom stereocenters. The van der Waals surface area contributed by atoms with Gasteiger partial charge in [0.15, 0.2) is 0 Å². The van der Waals surface area contributed by atoms with Gasteiger partial charge in [0.05, 0.1) is 18.8 Å². The Morgan fingerprint density at radius 2 is 2.50 bits per heavy atom. The van der Waals surface area contributed by atoms with E-state index in [9.17, 15) is 4.79 Å². The quantitative estimate of drug-likeness (QED) is 0.705. The maximum Gasteiger partial charge on any atom is 0.237 e. The van der Waals surface area contributed by atoms with Crippen LogP contribution in [-0.4, -0.2) is 49.2 Å². The first-order valence-corrected chi connectivity index (χ1v) is 5.93. The van der Waals surface area contributed by atoms with Crippen molar-refractivity contribution >= 4 is 5.91 Å². The third-order valence-corrected chi connectivity index (χ3v) is 2.97. The van der Waals surface area contributed by atoms with E-state index in [1.807, 2.05) is 6.92 Å². The van der Waals surface area contributed by atoms with Crippen molar-refractivity contribution in [3.8, 4) is 0 Å². The zero-order valence-electron chi connectivity index (χ0n) is 10.2. The molecule has 16 heavy (non-hydrogen) atoms. The van der Waals surface area contributed by atoms with Crippen LogP contribution in [-0.2, 0) is 9.53 Å². The highest BCUT2D eigenvalue weighted by atomic mass is 16.5. The Bertz CT molecular complexity index is 243. The van der Waals surface area contributed by atoms with Crippen LogP contribution >= 0.6 is 0 Å². The summed E-state index contributed by atoms with van der Waals surface area (Å²) in [6.45, 7) is 10.6. The minimum Gasteiger partial charge on any atom is -0.376 e. The molecule has 1 heterocycles. The van der Waals surface area contributed by atoms with E-state index in [1.165, 1.54) is 0 Å². The third-order valence-electron chi connectivity index (χ3n) is 2.97. The molecule has 4 heteroatoms. The number of nitrogens with one attached hydrogen (secondary N) is 1. The number of ether oxygens (including phenoxy) is 1. The maximum atomic E-state index is 11.8. The number of morpholine rings is 1. The largest absolute Gasteiger partial charge is 0.376 e. The van der Waals surface area contributed by atoms with E-state index in [2.05, 4.69) is 23.7 Å². The number of hydrogen-bond acceptors (Lipinski definition) is 3. The molecule has 4 nitrogen and oxygen atoms in total. The van der Waals surface area contributed by atoms with Crippen molar-refractivity contribution in [3.63, 3.8) is 0 Å². The second-order valence-corrected chi connectivity index (χ2v) is 4.11. The van der Waals surface area contributed by atoms with Gasteiger partial charge in [0.25, 0.3) is 0 Å². The summed E-state index contributed by atoms with van der Waals surface area (Å²) in [5.41, 5.74) is 0. The summed E-state index contributed by atoms with van der Waals surface area (Å²) < 4.78 is 5.58. The SMILES string of the molecule is C=CCNC(=O)C(C)N1CCOC(CC)C1. The Morgan fingerprint density at radius 3 is 3.12 bits per heavy atom. The summed E-state index contributed by atoms with van der Waals surface area (Å²) in [6.07, 6.45) is 2.96. The maximum absolute atomic E-state index is 11.8. The Labute approximate surface area is 97.6 Å². The van der Waals surface area contributed by atoms with Crippen LogP contribution in [0.1, 0.15) is 20.3 Å². The lowest BCUT2D eigenvalue weighted by Gasteiger charge is -2.35. The zero-order valence-corrected chi connectivity index (χ0v) is 10.2. The van der Waals surface area contributed by atoms with Crippen molar-refractivity contribution in [1.82, 2.24) is 10.2 Å². The second kappa shape index (κ2) is 6.66. The third kappa shape index (κ3) is 3.61. The van der Waals surface area contributed by atoms with Crippen molar-refractivity contribution in [3.05, 3.63) is 12.7 Å². The molecule has 92 valence electrons. The molecule has 1 amide bonds. The molecule has 0 bridgehead atoms. The molecular formula is C12H22N2O2. The monoisotopic (exact) mass is 226 g/mol. The molecule has 1 aliphatic heterocycles. The van der Waals surface area contributed by atoms with Gasteiger partial charge < -0.3 is 10.1 Å². The Hall–Kier alpha value is -0.870. The van der Waals surface area contributed by atoms with Crippen LogP contribution in [0.5, 0.6) is 0 Å². The molecule has 1 fully saturated rings. The van der Waals surface area contributed by atoms with Gasteiger partial charge >= 0.3 is 0 Å². The van der Waals surface area contributed by atoms with Gasteiger partial charge in [-0.3, -0.25) is 9.69 Å². The van der Waals surface area contributed by atoms with E-state index < -0.39 is 0 Å². The normalized spacial score (nSPS) is 23.8. The Balaban J connectivity index is 2.42. The number of amides is 1. The fourth-order valence-electron chi connectivity index (χ4n) is 1.83. The number of carbonyl (C=O) groups excluding carboxylic acids is 1. The highest BCUT2D eigenvalue weighted by Gasteiger charge is 2.26. The molecule has 0 spiro atoms. The summed E-state index contributed by atoms with van der Waals surface area (Å²) >= 11 is 0. The molecule has 0 saturated carbocycles. The van der Waals surface area contributed by atoms with Gasteiger partial charge in [-0.25, -0.2) is 0 Å². The minimum absolute atomic E-state index is 0.0663. The molecular weight excluding hydrogens is 204 g/mol. The van der Waals surface area contributed by atoms with Crippen molar-refractivity contribution in [2.45, 2.75) is 32.4 Å². The van der Waals surface area contributed by atoms with Crippen LogP contribution in [0.2, 0.25) is 0 Å². The molecule has 1 saturated heterocycles. The lowest BCUT2D eigenvalue weighted by molar-refractivity contribution is -0.129. The molecule has 0 aromatic rings. The van der Waals surface area contributed by atoms with Crippen molar-refractivity contribution in [2.75, 3.05) is 26.2 Å². The second-order valence-electron chi connectivity index (χ2n) is 4.11. The van der Waals surface area contributed by atoms with Crippen LogP contribution in [0.15, 0.2) is 12.7 Å². The summed E-state index contributed by atoms with van der Waals surface area (Å²) in [5, 5.41) is 2.82. The summed E-state index contributed by atoms with van der Waals surface area (Å²) in [6, 6.07) is -0.0853. The lowest BCUT2D eigenvalue weighted by atomic mass is 10.1. The van der Waals surface area contributed by atoms with E-state index in [0.717, 1.165) is 26.1 Å². The fraction of sp³-hybridized carbons (Fsp3) is 0.750. The zero-order chi connectivity index (χ0) is 12.0. The van der Waals surface area contributed by atoms with Gasteiger partial charge in [-0.15, -0.1) is 6.58 Å². The topological polar surface area (TPSA) is 41.6 Å². The minimum atomic E-state index is -0.0853. The highest BCUT2D eigenvalue weighted by Crippen LogP contribution is 2.11.